The van der Waals surface area contributed by atoms with E-state index in [9.17, 15) is 0 Å². The average Bonchev–Trinajstić information content (AvgIpc) is 3.01. The van der Waals surface area contributed by atoms with Gasteiger partial charge in [-0.25, -0.2) is 4.98 Å². The highest BCUT2D eigenvalue weighted by atomic mass is 32.1. The van der Waals surface area contributed by atoms with E-state index in [2.05, 4.69) is 27.4 Å². The Morgan fingerprint density at radius 2 is 2.00 bits per heavy atom. The number of rotatable bonds is 5. The number of thiazole rings is 1. The van der Waals surface area contributed by atoms with Gasteiger partial charge in [0.25, 0.3) is 0 Å². The third-order valence-corrected chi connectivity index (χ3v) is 4.81. The van der Waals surface area contributed by atoms with E-state index < -0.39 is 0 Å². The monoisotopic (exact) mass is 334 g/mol. The van der Waals surface area contributed by atoms with Crippen LogP contribution in [0.5, 0.6) is 11.5 Å². The van der Waals surface area contributed by atoms with Crippen LogP contribution in [-0.4, -0.2) is 43.9 Å². The Bertz CT molecular complexity index is 637. The van der Waals surface area contributed by atoms with Gasteiger partial charge < -0.3 is 14.2 Å². The molecule has 1 aliphatic rings. The standard InChI is InChI=1S/C17H22N2O3S/c1-12-18-16(11-23-12)17-10-22-5-4-19(17)9-13-6-14(20-2)8-15(7-13)21-3/h6-8,11,17H,4-5,9-10H2,1-3H3. The zero-order valence-electron chi connectivity index (χ0n) is 13.7. The van der Waals surface area contributed by atoms with E-state index in [0.29, 0.717) is 6.61 Å². The normalized spacial score (nSPS) is 18.8. The molecule has 1 aromatic carbocycles. The van der Waals surface area contributed by atoms with Crippen molar-refractivity contribution in [3.8, 4) is 11.5 Å². The molecule has 1 atom stereocenters. The molecule has 1 fully saturated rings. The molecule has 0 radical (unpaired) electrons. The van der Waals surface area contributed by atoms with Crippen molar-refractivity contribution in [1.82, 2.24) is 9.88 Å². The minimum absolute atomic E-state index is 0.200. The molecule has 124 valence electrons. The van der Waals surface area contributed by atoms with Gasteiger partial charge in [0.2, 0.25) is 0 Å². The van der Waals surface area contributed by atoms with Crippen LogP contribution in [0.25, 0.3) is 0 Å². The number of aryl methyl sites for hydroxylation is 1. The second-order valence-electron chi connectivity index (χ2n) is 5.57. The van der Waals surface area contributed by atoms with E-state index in [1.54, 1.807) is 25.6 Å². The number of methoxy groups -OCH3 is 2. The maximum atomic E-state index is 5.68. The molecule has 1 aliphatic heterocycles. The smallest absolute Gasteiger partial charge is 0.122 e. The van der Waals surface area contributed by atoms with Gasteiger partial charge in [-0.05, 0) is 24.6 Å². The van der Waals surface area contributed by atoms with Gasteiger partial charge in [0, 0.05) is 24.5 Å². The maximum Gasteiger partial charge on any atom is 0.122 e. The molecule has 0 N–H and O–H groups in total. The quantitative estimate of drug-likeness (QED) is 0.841. The summed E-state index contributed by atoms with van der Waals surface area (Å²) in [5, 5.41) is 3.22. The van der Waals surface area contributed by atoms with Crippen molar-refractivity contribution in [3.63, 3.8) is 0 Å². The topological polar surface area (TPSA) is 43.8 Å². The van der Waals surface area contributed by atoms with Gasteiger partial charge in [-0.15, -0.1) is 11.3 Å². The van der Waals surface area contributed by atoms with Crippen LogP contribution in [0.1, 0.15) is 22.3 Å². The first-order valence-corrected chi connectivity index (χ1v) is 8.53. The largest absolute Gasteiger partial charge is 0.497 e. The van der Waals surface area contributed by atoms with E-state index in [-0.39, 0.29) is 6.04 Å². The van der Waals surface area contributed by atoms with Crippen molar-refractivity contribution in [2.45, 2.75) is 19.5 Å². The lowest BCUT2D eigenvalue weighted by atomic mass is 10.1. The maximum absolute atomic E-state index is 5.68. The van der Waals surface area contributed by atoms with E-state index in [1.807, 2.05) is 13.0 Å². The van der Waals surface area contributed by atoms with Gasteiger partial charge in [0.05, 0.1) is 44.2 Å². The fourth-order valence-electron chi connectivity index (χ4n) is 2.83. The van der Waals surface area contributed by atoms with Crippen LogP contribution in [0.3, 0.4) is 0 Å². The highest BCUT2D eigenvalue weighted by Crippen LogP contribution is 2.29. The van der Waals surface area contributed by atoms with Crippen molar-refractivity contribution in [2.75, 3.05) is 34.0 Å². The Labute approximate surface area is 140 Å². The number of hydrogen-bond acceptors (Lipinski definition) is 6. The van der Waals surface area contributed by atoms with Crippen LogP contribution < -0.4 is 9.47 Å². The van der Waals surface area contributed by atoms with E-state index in [1.165, 1.54) is 5.56 Å². The summed E-state index contributed by atoms with van der Waals surface area (Å²) in [6, 6.07) is 6.21. The second-order valence-corrected chi connectivity index (χ2v) is 6.64. The number of morpholine rings is 1. The number of benzene rings is 1. The number of nitrogens with zero attached hydrogens (tertiary/aromatic N) is 2. The number of aromatic nitrogens is 1. The first kappa shape index (κ1) is 16.2. The minimum Gasteiger partial charge on any atom is -0.497 e. The third-order valence-electron chi connectivity index (χ3n) is 4.01. The molecule has 0 aliphatic carbocycles. The summed E-state index contributed by atoms with van der Waals surface area (Å²) in [5.74, 6) is 1.63. The van der Waals surface area contributed by atoms with Gasteiger partial charge in [-0.3, -0.25) is 4.90 Å². The van der Waals surface area contributed by atoms with Crippen molar-refractivity contribution < 1.29 is 14.2 Å². The fraction of sp³-hybridized carbons (Fsp3) is 0.471. The summed E-state index contributed by atoms with van der Waals surface area (Å²) in [6.45, 7) is 5.18. The molecule has 23 heavy (non-hydrogen) atoms. The lowest BCUT2D eigenvalue weighted by molar-refractivity contribution is -0.0141. The molecule has 2 heterocycles. The Balaban J connectivity index is 1.82. The van der Waals surface area contributed by atoms with Gasteiger partial charge in [-0.1, -0.05) is 0 Å². The highest BCUT2D eigenvalue weighted by Gasteiger charge is 2.26. The van der Waals surface area contributed by atoms with Crippen LogP contribution in [0.4, 0.5) is 0 Å². The molecule has 6 heteroatoms. The van der Waals surface area contributed by atoms with Crippen molar-refractivity contribution in [2.24, 2.45) is 0 Å². The minimum atomic E-state index is 0.200. The fourth-order valence-corrected chi connectivity index (χ4v) is 3.48. The van der Waals surface area contributed by atoms with Gasteiger partial charge >= 0.3 is 0 Å². The molecule has 2 aromatic rings. The molecule has 3 rings (SSSR count). The van der Waals surface area contributed by atoms with Crippen molar-refractivity contribution in [3.05, 3.63) is 39.8 Å². The van der Waals surface area contributed by atoms with Gasteiger partial charge in [-0.2, -0.15) is 0 Å². The van der Waals surface area contributed by atoms with Gasteiger partial charge in [0.15, 0.2) is 0 Å². The zero-order valence-corrected chi connectivity index (χ0v) is 14.6. The molecule has 1 saturated heterocycles. The Morgan fingerprint density at radius 3 is 2.61 bits per heavy atom. The predicted molar refractivity (Wildman–Crippen MR) is 90.4 cm³/mol. The lowest BCUT2D eigenvalue weighted by Crippen LogP contribution is -2.39. The Kier molecular flexibility index (Phi) is 5.15. The molecule has 0 amide bonds. The lowest BCUT2D eigenvalue weighted by Gasteiger charge is -2.34. The molecular formula is C17H22N2O3S. The van der Waals surface area contributed by atoms with Gasteiger partial charge in [0.1, 0.15) is 11.5 Å². The molecule has 0 bridgehead atoms. The zero-order chi connectivity index (χ0) is 16.2. The van der Waals surface area contributed by atoms with Crippen LogP contribution in [0.2, 0.25) is 0 Å². The second kappa shape index (κ2) is 7.29. The molecule has 5 nitrogen and oxygen atoms in total. The van der Waals surface area contributed by atoms with Crippen LogP contribution in [-0.2, 0) is 11.3 Å². The number of hydrogen-bond donors (Lipinski definition) is 0. The van der Waals surface area contributed by atoms with Crippen molar-refractivity contribution >= 4 is 11.3 Å². The van der Waals surface area contributed by atoms with Crippen LogP contribution >= 0.6 is 11.3 Å². The summed E-state index contributed by atoms with van der Waals surface area (Å²) in [6.07, 6.45) is 0. The van der Waals surface area contributed by atoms with E-state index >= 15 is 0 Å². The van der Waals surface area contributed by atoms with E-state index in [0.717, 1.165) is 41.9 Å². The van der Waals surface area contributed by atoms with E-state index in [4.69, 9.17) is 14.2 Å². The summed E-state index contributed by atoms with van der Waals surface area (Å²) in [4.78, 5) is 7.05. The summed E-state index contributed by atoms with van der Waals surface area (Å²) in [7, 11) is 3.35. The Hall–Kier alpha value is -1.63. The molecule has 0 spiro atoms. The van der Waals surface area contributed by atoms with Crippen molar-refractivity contribution in [1.29, 1.82) is 0 Å². The highest BCUT2D eigenvalue weighted by molar-refractivity contribution is 7.09. The predicted octanol–water partition coefficient (Wildman–Crippen LogP) is 3.04. The number of ether oxygens (including phenoxy) is 3. The average molecular weight is 334 g/mol. The van der Waals surface area contributed by atoms with Crippen LogP contribution in [0, 0.1) is 6.92 Å². The van der Waals surface area contributed by atoms with Crippen LogP contribution in [0.15, 0.2) is 23.6 Å². The first-order valence-electron chi connectivity index (χ1n) is 7.65. The molecule has 1 aromatic heterocycles. The molecule has 0 saturated carbocycles. The molecular weight excluding hydrogens is 312 g/mol. The molecule has 1 unspecified atom stereocenters. The summed E-state index contributed by atoms with van der Waals surface area (Å²) >= 11 is 1.69. The summed E-state index contributed by atoms with van der Waals surface area (Å²) < 4.78 is 16.4. The SMILES string of the molecule is COc1cc(CN2CCOCC2c2csc(C)n2)cc(OC)c1. The third kappa shape index (κ3) is 3.83. The Morgan fingerprint density at radius 1 is 1.26 bits per heavy atom. The first-order chi connectivity index (χ1) is 11.2. The summed E-state index contributed by atoms with van der Waals surface area (Å²) in [5.41, 5.74) is 2.27.